The average Bonchev–Trinajstić information content (AvgIpc) is 2.46. The molecule has 0 aromatic heterocycles. The molecule has 0 saturated carbocycles. The van der Waals surface area contributed by atoms with Crippen LogP contribution in [0.1, 0.15) is 26.7 Å². The Morgan fingerprint density at radius 2 is 1.57 bits per heavy atom. The highest BCUT2D eigenvalue weighted by Gasteiger charge is 2.11. The summed E-state index contributed by atoms with van der Waals surface area (Å²) in [5.41, 5.74) is 0. The highest BCUT2D eigenvalue weighted by molar-refractivity contribution is 5.31. The van der Waals surface area contributed by atoms with Crippen LogP contribution in [0.25, 0.3) is 0 Å². The summed E-state index contributed by atoms with van der Waals surface area (Å²) in [6, 6.07) is 7.40. The maximum Gasteiger partial charge on any atom is 0.119 e. The van der Waals surface area contributed by atoms with E-state index >= 15 is 0 Å². The fourth-order valence-electron chi connectivity index (χ4n) is 2.14. The van der Waals surface area contributed by atoms with E-state index in [4.69, 9.17) is 9.47 Å². The molecule has 0 aliphatic heterocycles. The topological polar surface area (TPSA) is 41.9 Å². The molecule has 5 heteroatoms. The third kappa shape index (κ3) is 8.15. The molecular formula is C16H27ClNO3-. The van der Waals surface area contributed by atoms with Gasteiger partial charge in [0.1, 0.15) is 24.2 Å². The van der Waals surface area contributed by atoms with Crippen LogP contribution in [-0.4, -0.2) is 49.5 Å². The summed E-state index contributed by atoms with van der Waals surface area (Å²) >= 11 is 0. The van der Waals surface area contributed by atoms with Crippen LogP contribution in [0.3, 0.4) is 0 Å². The smallest absolute Gasteiger partial charge is 0.119 e. The summed E-state index contributed by atoms with van der Waals surface area (Å²) in [4.78, 5) is 2.28. The molecule has 0 saturated heterocycles. The van der Waals surface area contributed by atoms with Gasteiger partial charge >= 0.3 is 0 Å². The number of rotatable bonds is 10. The van der Waals surface area contributed by atoms with Crippen molar-refractivity contribution in [3.05, 3.63) is 24.3 Å². The molecule has 0 radical (unpaired) electrons. The van der Waals surface area contributed by atoms with Crippen LogP contribution in [0.5, 0.6) is 11.5 Å². The van der Waals surface area contributed by atoms with Gasteiger partial charge in [-0.25, -0.2) is 0 Å². The zero-order valence-electron chi connectivity index (χ0n) is 13.2. The van der Waals surface area contributed by atoms with E-state index in [1.165, 1.54) is 0 Å². The molecule has 0 aliphatic rings. The van der Waals surface area contributed by atoms with Crippen LogP contribution in [-0.2, 0) is 0 Å². The van der Waals surface area contributed by atoms with Crippen molar-refractivity contribution in [2.45, 2.75) is 32.8 Å². The van der Waals surface area contributed by atoms with E-state index < -0.39 is 6.10 Å². The molecule has 1 unspecified atom stereocenters. The fraction of sp³-hybridized carbons (Fsp3) is 0.625. The van der Waals surface area contributed by atoms with Gasteiger partial charge in [0.15, 0.2) is 0 Å². The van der Waals surface area contributed by atoms with E-state index in [-0.39, 0.29) is 12.4 Å². The molecule has 122 valence electrons. The largest absolute Gasteiger partial charge is 1.00 e. The SMILES string of the molecule is CCCN(CCC)CC(O)COc1ccc(OC)cc1.[Cl-]. The Bertz CT molecular complexity index is 353. The van der Waals surface area contributed by atoms with Gasteiger partial charge in [-0.15, -0.1) is 0 Å². The van der Waals surface area contributed by atoms with Crippen molar-refractivity contribution in [3.8, 4) is 11.5 Å². The third-order valence-electron chi connectivity index (χ3n) is 3.05. The molecule has 0 heterocycles. The van der Waals surface area contributed by atoms with Gasteiger partial charge < -0.3 is 31.9 Å². The molecule has 0 fully saturated rings. The van der Waals surface area contributed by atoms with Gasteiger partial charge in [0, 0.05) is 6.54 Å². The predicted molar refractivity (Wildman–Crippen MR) is 81.5 cm³/mol. The summed E-state index contributed by atoms with van der Waals surface area (Å²) in [5.74, 6) is 1.55. The lowest BCUT2D eigenvalue weighted by Gasteiger charge is -2.24. The first-order valence-electron chi connectivity index (χ1n) is 7.36. The molecule has 1 rings (SSSR count). The predicted octanol–water partition coefficient (Wildman–Crippen LogP) is -0.439. The molecule has 0 spiro atoms. The molecule has 1 atom stereocenters. The van der Waals surface area contributed by atoms with Crippen molar-refractivity contribution in [3.63, 3.8) is 0 Å². The van der Waals surface area contributed by atoms with E-state index in [1.54, 1.807) is 7.11 Å². The molecule has 0 amide bonds. The Balaban J connectivity index is 0.00000400. The van der Waals surface area contributed by atoms with E-state index in [0.29, 0.717) is 13.2 Å². The van der Waals surface area contributed by atoms with Gasteiger partial charge in [0.25, 0.3) is 0 Å². The molecule has 4 nitrogen and oxygen atoms in total. The molecule has 0 bridgehead atoms. The molecular weight excluding hydrogens is 290 g/mol. The zero-order valence-corrected chi connectivity index (χ0v) is 14.0. The summed E-state index contributed by atoms with van der Waals surface area (Å²) in [6.45, 7) is 7.33. The summed E-state index contributed by atoms with van der Waals surface area (Å²) < 4.78 is 10.7. The summed E-state index contributed by atoms with van der Waals surface area (Å²) in [6.07, 6.45) is 1.74. The fourth-order valence-corrected chi connectivity index (χ4v) is 2.14. The lowest BCUT2D eigenvalue weighted by atomic mass is 10.3. The number of methoxy groups -OCH3 is 1. The maximum absolute atomic E-state index is 10.0. The Hall–Kier alpha value is -0.970. The Morgan fingerprint density at radius 1 is 1.05 bits per heavy atom. The average molecular weight is 317 g/mol. The Labute approximate surface area is 134 Å². The second-order valence-electron chi connectivity index (χ2n) is 4.94. The minimum atomic E-state index is -0.463. The number of nitrogens with zero attached hydrogens (tertiary/aromatic N) is 1. The van der Waals surface area contributed by atoms with Gasteiger partial charge in [-0.2, -0.15) is 0 Å². The van der Waals surface area contributed by atoms with Crippen molar-refractivity contribution in [1.29, 1.82) is 0 Å². The lowest BCUT2D eigenvalue weighted by molar-refractivity contribution is -0.00000701. The van der Waals surface area contributed by atoms with E-state index in [2.05, 4.69) is 18.7 Å². The van der Waals surface area contributed by atoms with Gasteiger partial charge in [-0.3, -0.25) is 0 Å². The Kier molecular flexibility index (Phi) is 11.1. The number of ether oxygens (including phenoxy) is 2. The monoisotopic (exact) mass is 316 g/mol. The standard InChI is InChI=1S/C16H27NO3.ClH/c1-4-10-17(11-5-2)12-14(18)13-20-16-8-6-15(19-3)7-9-16;/h6-9,14,18H,4-5,10-13H2,1-3H3;1H/p-1. The summed E-state index contributed by atoms with van der Waals surface area (Å²) in [5, 5.41) is 10.0. The quantitative estimate of drug-likeness (QED) is 0.635. The lowest BCUT2D eigenvalue weighted by Crippen LogP contribution is -3.00. The number of aliphatic hydroxyl groups excluding tert-OH is 1. The highest BCUT2D eigenvalue weighted by atomic mass is 35.5. The Morgan fingerprint density at radius 3 is 2.05 bits per heavy atom. The van der Waals surface area contributed by atoms with Crippen LogP contribution < -0.4 is 21.9 Å². The van der Waals surface area contributed by atoms with Crippen LogP contribution in [0, 0.1) is 0 Å². The van der Waals surface area contributed by atoms with Gasteiger partial charge in [-0.1, -0.05) is 13.8 Å². The molecule has 0 aliphatic carbocycles. The van der Waals surface area contributed by atoms with Crippen molar-refractivity contribution < 1.29 is 27.0 Å². The first-order valence-corrected chi connectivity index (χ1v) is 7.36. The van der Waals surface area contributed by atoms with Gasteiger partial charge in [0.05, 0.1) is 7.11 Å². The van der Waals surface area contributed by atoms with E-state index in [1.807, 2.05) is 24.3 Å². The molecule has 1 aromatic carbocycles. The van der Waals surface area contributed by atoms with Crippen LogP contribution in [0.4, 0.5) is 0 Å². The van der Waals surface area contributed by atoms with Gasteiger partial charge in [-0.05, 0) is 50.2 Å². The molecule has 21 heavy (non-hydrogen) atoms. The highest BCUT2D eigenvalue weighted by Crippen LogP contribution is 2.17. The number of hydrogen-bond acceptors (Lipinski definition) is 4. The minimum absolute atomic E-state index is 0. The second-order valence-corrected chi connectivity index (χ2v) is 4.94. The molecule has 1 N–H and O–H groups in total. The van der Waals surface area contributed by atoms with Crippen molar-refractivity contribution >= 4 is 0 Å². The van der Waals surface area contributed by atoms with Gasteiger partial charge in [0.2, 0.25) is 0 Å². The van der Waals surface area contributed by atoms with Crippen molar-refractivity contribution in [2.24, 2.45) is 0 Å². The van der Waals surface area contributed by atoms with Crippen molar-refractivity contribution in [1.82, 2.24) is 4.90 Å². The number of aliphatic hydroxyl groups is 1. The maximum atomic E-state index is 10.0. The van der Waals surface area contributed by atoms with Crippen LogP contribution in [0.2, 0.25) is 0 Å². The van der Waals surface area contributed by atoms with Crippen molar-refractivity contribution in [2.75, 3.05) is 33.4 Å². The van der Waals surface area contributed by atoms with E-state index in [0.717, 1.165) is 37.4 Å². The summed E-state index contributed by atoms with van der Waals surface area (Å²) in [7, 11) is 1.63. The molecule has 1 aromatic rings. The second kappa shape index (κ2) is 11.7. The van der Waals surface area contributed by atoms with E-state index in [9.17, 15) is 5.11 Å². The first kappa shape index (κ1) is 20.0. The normalized spacial score (nSPS) is 11.9. The first-order chi connectivity index (χ1) is 9.69. The minimum Gasteiger partial charge on any atom is -1.00 e. The number of hydrogen-bond donors (Lipinski definition) is 1. The van der Waals surface area contributed by atoms with Crippen LogP contribution in [0.15, 0.2) is 24.3 Å². The van der Waals surface area contributed by atoms with Crippen LogP contribution >= 0.6 is 0 Å². The number of benzene rings is 1. The third-order valence-corrected chi connectivity index (χ3v) is 3.05. The zero-order chi connectivity index (χ0) is 14.8. The number of halogens is 1.